The zero-order chi connectivity index (χ0) is 21.1. The van der Waals surface area contributed by atoms with Crippen LogP contribution in [-0.2, 0) is 14.4 Å². The number of thioether (sulfide) groups is 1. The molecule has 7 nitrogen and oxygen atoms in total. The fourth-order valence-electron chi connectivity index (χ4n) is 2.71. The molecule has 1 rings (SSSR count). The Morgan fingerprint density at radius 1 is 1.11 bits per heavy atom. The van der Waals surface area contributed by atoms with E-state index >= 15 is 0 Å². The average molecular weight is 410 g/mol. The lowest BCUT2D eigenvalue weighted by molar-refractivity contribution is -0.135. The summed E-state index contributed by atoms with van der Waals surface area (Å²) >= 11 is 1.57. The van der Waals surface area contributed by atoms with Crippen LogP contribution in [0.3, 0.4) is 0 Å². The van der Waals surface area contributed by atoms with Crippen molar-refractivity contribution in [3.05, 3.63) is 29.8 Å². The number of carbonyl (C=O) groups excluding carboxylic acids is 3. The minimum atomic E-state index is -0.706. The zero-order valence-electron chi connectivity index (χ0n) is 17.0. The fraction of sp³-hybridized carbons (Fsp3) is 0.550. The van der Waals surface area contributed by atoms with Crippen molar-refractivity contribution in [2.24, 2.45) is 11.8 Å². The van der Waals surface area contributed by atoms with Gasteiger partial charge in [0, 0.05) is 18.0 Å². The van der Waals surface area contributed by atoms with Crippen molar-refractivity contribution >= 4 is 35.2 Å². The van der Waals surface area contributed by atoms with E-state index in [1.165, 1.54) is 0 Å². The molecule has 0 aliphatic carbocycles. The maximum absolute atomic E-state index is 12.7. The summed E-state index contributed by atoms with van der Waals surface area (Å²) in [4.78, 5) is 37.0. The second kappa shape index (κ2) is 12.4. The number of benzene rings is 1. The summed E-state index contributed by atoms with van der Waals surface area (Å²) in [6.07, 6.45) is 2.74. The summed E-state index contributed by atoms with van der Waals surface area (Å²) in [6.45, 7) is 5.91. The van der Waals surface area contributed by atoms with Crippen molar-refractivity contribution in [3.63, 3.8) is 0 Å². The van der Waals surface area contributed by atoms with E-state index in [4.69, 9.17) is 5.21 Å². The molecule has 156 valence electrons. The highest BCUT2D eigenvalue weighted by atomic mass is 32.2. The number of hydroxylamine groups is 1. The maximum atomic E-state index is 12.7. The molecule has 0 saturated carbocycles. The molecule has 0 spiro atoms. The van der Waals surface area contributed by atoms with Crippen LogP contribution in [0, 0.1) is 18.8 Å². The Kier molecular flexibility index (Phi) is 10.6. The van der Waals surface area contributed by atoms with Crippen LogP contribution in [0.4, 0.5) is 5.69 Å². The number of carbonyl (C=O) groups is 3. The Morgan fingerprint density at radius 3 is 2.29 bits per heavy atom. The average Bonchev–Trinajstić information content (AvgIpc) is 2.65. The third-order valence-corrected chi connectivity index (χ3v) is 4.90. The quantitative estimate of drug-likeness (QED) is 0.332. The van der Waals surface area contributed by atoms with E-state index in [1.807, 2.05) is 51.3 Å². The molecule has 3 amide bonds. The second-order valence-electron chi connectivity index (χ2n) is 7.26. The van der Waals surface area contributed by atoms with Gasteiger partial charge < -0.3 is 10.6 Å². The molecular weight excluding hydrogens is 378 g/mol. The van der Waals surface area contributed by atoms with Gasteiger partial charge in [-0.1, -0.05) is 31.5 Å². The molecule has 2 atom stereocenters. The van der Waals surface area contributed by atoms with E-state index in [2.05, 4.69) is 10.6 Å². The molecule has 4 N–H and O–H groups in total. The van der Waals surface area contributed by atoms with Crippen LogP contribution in [-0.4, -0.2) is 41.0 Å². The van der Waals surface area contributed by atoms with Gasteiger partial charge in [0.15, 0.2) is 0 Å². The molecule has 0 unspecified atom stereocenters. The lowest BCUT2D eigenvalue weighted by Gasteiger charge is -2.23. The lowest BCUT2D eigenvalue weighted by atomic mass is 9.98. The number of rotatable bonds is 11. The van der Waals surface area contributed by atoms with E-state index in [-0.39, 0.29) is 24.2 Å². The number of anilines is 1. The van der Waals surface area contributed by atoms with Crippen molar-refractivity contribution in [1.29, 1.82) is 0 Å². The van der Waals surface area contributed by atoms with Gasteiger partial charge in [0.05, 0.1) is 0 Å². The zero-order valence-corrected chi connectivity index (χ0v) is 17.8. The van der Waals surface area contributed by atoms with Crippen LogP contribution in [0.15, 0.2) is 24.3 Å². The van der Waals surface area contributed by atoms with Gasteiger partial charge in [0.2, 0.25) is 17.7 Å². The molecule has 0 bridgehead atoms. The minimum Gasteiger partial charge on any atom is -0.344 e. The Bertz CT molecular complexity index is 649. The number of nitrogens with one attached hydrogen (secondary N) is 3. The number of hydrogen-bond donors (Lipinski definition) is 4. The highest BCUT2D eigenvalue weighted by Crippen LogP contribution is 2.16. The Balaban J connectivity index is 2.85. The first kappa shape index (κ1) is 24.0. The number of amides is 3. The topological polar surface area (TPSA) is 108 Å². The number of aryl methyl sites for hydroxylation is 1. The molecule has 0 aliphatic heterocycles. The standard InChI is InChI=1S/C20H31N3O4S/c1-13(2)11-17(20(26)21-16-7-5-14(3)6-8-16)22-19(25)15(9-10-28-4)12-18(24)23-27/h5-8,13,15,17,27H,9-12H2,1-4H3,(H,21,26)(H,22,25)(H,23,24)/t15-,17+/m1/s1. The third kappa shape index (κ3) is 8.75. The second-order valence-corrected chi connectivity index (χ2v) is 8.25. The van der Waals surface area contributed by atoms with E-state index in [9.17, 15) is 14.4 Å². The first-order valence-corrected chi connectivity index (χ1v) is 10.8. The molecule has 0 radical (unpaired) electrons. The van der Waals surface area contributed by atoms with Gasteiger partial charge in [0.1, 0.15) is 6.04 Å². The van der Waals surface area contributed by atoms with Crippen LogP contribution in [0.5, 0.6) is 0 Å². The SMILES string of the molecule is CSCC[C@H](CC(=O)NO)C(=O)N[C@@H](CC(C)C)C(=O)Nc1ccc(C)cc1. The predicted molar refractivity (Wildman–Crippen MR) is 112 cm³/mol. The summed E-state index contributed by atoms with van der Waals surface area (Å²) < 4.78 is 0. The highest BCUT2D eigenvalue weighted by molar-refractivity contribution is 7.98. The van der Waals surface area contributed by atoms with E-state index in [0.29, 0.717) is 24.3 Å². The van der Waals surface area contributed by atoms with Crippen LogP contribution in [0.1, 0.15) is 38.7 Å². The molecule has 0 aromatic heterocycles. The van der Waals surface area contributed by atoms with Crippen LogP contribution < -0.4 is 16.1 Å². The van der Waals surface area contributed by atoms with Crippen molar-refractivity contribution in [3.8, 4) is 0 Å². The molecular formula is C20H31N3O4S. The Labute approximate surface area is 171 Å². The first-order valence-electron chi connectivity index (χ1n) is 9.36. The van der Waals surface area contributed by atoms with Crippen LogP contribution in [0.25, 0.3) is 0 Å². The van der Waals surface area contributed by atoms with E-state index in [1.54, 1.807) is 17.2 Å². The summed E-state index contributed by atoms with van der Waals surface area (Å²) in [5, 5.41) is 14.4. The summed E-state index contributed by atoms with van der Waals surface area (Å²) in [5.41, 5.74) is 3.32. The van der Waals surface area contributed by atoms with Gasteiger partial charge in [-0.15, -0.1) is 0 Å². The van der Waals surface area contributed by atoms with Gasteiger partial charge in [-0.25, -0.2) is 5.48 Å². The Hall–Kier alpha value is -2.06. The third-order valence-electron chi connectivity index (χ3n) is 4.26. The monoisotopic (exact) mass is 409 g/mol. The van der Waals surface area contributed by atoms with Crippen molar-refractivity contribution in [1.82, 2.24) is 10.8 Å². The smallest absolute Gasteiger partial charge is 0.246 e. The normalized spacial score (nSPS) is 12.9. The van der Waals surface area contributed by atoms with Crippen molar-refractivity contribution in [2.45, 2.75) is 46.1 Å². The Morgan fingerprint density at radius 2 is 1.75 bits per heavy atom. The van der Waals surface area contributed by atoms with E-state index in [0.717, 1.165) is 5.56 Å². The molecule has 28 heavy (non-hydrogen) atoms. The summed E-state index contributed by atoms with van der Waals surface area (Å²) in [5.74, 6) is -0.989. The van der Waals surface area contributed by atoms with Gasteiger partial charge in [-0.2, -0.15) is 11.8 Å². The van der Waals surface area contributed by atoms with Gasteiger partial charge in [-0.05, 0) is 49.8 Å². The minimum absolute atomic E-state index is 0.128. The molecule has 1 aromatic rings. The van der Waals surface area contributed by atoms with Gasteiger partial charge in [0.25, 0.3) is 0 Å². The molecule has 8 heteroatoms. The summed E-state index contributed by atoms with van der Waals surface area (Å²) in [6, 6.07) is 6.72. The van der Waals surface area contributed by atoms with Crippen molar-refractivity contribution in [2.75, 3.05) is 17.3 Å². The largest absolute Gasteiger partial charge is 0.344 e. The number of hydrogen-bond acceptors (Lipinski definition) is 5. The van der Waals surface area contributed by atoms with Gasteiger partial charge >= 0.3 is 0 Å². The lowest BCUT2D eigenvalue weighted by Crippen LogP contribution is -2.47. The molecule has 0 aliphatic rings. The maximum Gasteiger partial charge on any atom is 0.246 e. The first-order chi connectivity index (χ1) is 13.3. The van der Waals surface area contributed by atoms with Crippen LogP contribution >= 0.6 is 11.8 Å². The van der Waals surface area contributed by atoms with Crippen LogP contribution in [0.2, 0.25) is 0 Å². The van der Waals surface area contributed by atoms with Crippen molar-refractivity contribution < 1.29 is 19.6 Å². The molecule has 0 fully saturated rings. The molecule has 1 aromatic carbocycles. The predicted octanol–water partition coefficient (Wildman–Crippen LogP) is 2.73. The van der Waals surface area contributed by atoms with E-state index < -0.39 is 17.9 Å². The molecule has 0 saturated heterocycles. The molecule has 0 heterocycles. The van der Waals surface area contributed by atoms with Gasteiger partial charge in [-0.3, -0.25) is 19.6 Å². The summed E-state index contributed by atoms with van der Waals surface area (Å²) in [7, 11) is 0. The highest BCUT2D eigenvalue weighted by Gasteiger charge is 2.27. The fourth-order valence-corrected chi connectivity index (χ4v) is 3.23.